The fourth-order valence-corrected chi connectivity index (χ4v) is 2.88. The van der Waals surface area contributed by atoms with Crippen molar-refractivity contribution >= 4 is 11.9 Å². The molecule has 0 radical (unpaired) electrons. The van der Waals surface area contributed by atoms with E-state index in [0.717, 1.165) is 11.1 Å². The highest BCUT2D eigenvalue weighted by atomic mass is 16.5. The molecule has 2 aromatic rings. The van der Waals surface area contributed by atoms with Gasteiger partial charge in [0.05, 0.1) is 12.0 Å². The molecule has 2 rings (SSSR count). The van der Waals surface area contributed by atoms with Crippen LogP contribution in [0.25, 0.3) is 0 Å². The number of carboxylic acids is 1. The smallest absolute Gasteiger partial charge is 0.341 e. The summed E-state index contributed by atoms with van der Waals surface area (Å²) in [5, 5.41) is 11.7. The molecule has 5 heteroatoms. The van der Waals surface area contributed by atoms with Crippen molar-refractivity contribution in [2.75, 3.05) is 6.61 Å². The zero-order valence-corrected chi connectivity index (χ0v) is 15.3. The SMILES string of the molecule is CC(NC(=O)C(c1ccccc1)C(C)C)c1ccc(OCC(=O)O)cc1. The highest BCUT2D eigenvalue weighted by molar-refractivity contribution is 5.84. The first-order chi connectivity index (χ1) is 12.4. The van der Waals surface area contributed by atoms with Gasteiger partial charge in [0.15, 0.2) is 6.61 Å². The lowest BCUT2D eigenvalue weighted by molar-refractivity contribution is -0.139. The summed E-state index contributed by atoms with van der Waals surface area (Å²) in [6.07, 6.45) is 0. The van der Waals surface area contributed by atoms with Gasteiger partial charge < -0.3 is 15.2 Å². The molecule has 1 amide bonds. The Balaban J connectivity index is 2.04. The van der Waals surface area contributed by atoms with Crippen LogP contribution >= 0.6 is 0 Å². The van der Waals surface area contributed by atoms with E-state index in [1.54, 1.807) is 12.1 Å². The molecule has 2 unspecified atom stereocenters. The number of carbonyl (C=O) groups is 2. The molecule has 0 aliphatic carbocycles. The standard InChI is InChI=1S/C21H25NO4/c1-14(2)20(17-7-5-4-6-8-17)21(25)22-15(3)16-9-11-18(12-10-16)26-13-19(23)24/h4-12,14-15,20H,13H2,1-3H3,(H,22,25)(H,23,24). The Morgan fingerprint density at radius 2 is 1.58 bits per heavy atom. The summed E-state index contributed by atoms with van der Waals surface area (Å²) in [4.78, 5) is 23.3. The number of carboxylic acid groups (broad SMARTS) is 1. The summed E-state index contributed by atoms with van der Waals surface area (Å²) in [5.74, 6) is -0.576. The van der Waals surface area contributed by atoms with Gasteiger partial charge in [0, 0.05) is 0 Å². The number of nitrogens with one attached hydrogen (secondary N) is 1. The number of amides is 1. The second-order valence-corrected chi connectivity index (χ2v) is 6.61. The van der Waals surface area contributed by atoms with E-state index in [-0.39, 0.29) is 30.4 Å². The molecule has 0 saturated carbocycles. The van der Waals surface area contributed by atoms with Crippen LogP contribution < -0.4 is 10.1 Å². The summed E-state index contributed by atoms with van der Waals surface area (Å²) >= 11 is 0. The molecule has 0 aromatic heterocycles. The first-order valence-electron chi connectivity index (χ1n) is 8.68. The van der Waals surface area contributed by atoms with Crippen molar-refractivity contribution in [3.8, 4) is 5.75 Å². The van der Waals surface area contributed by atoms with Crippen LogP contribution in [0.2, 0.25) is 0 Å². The van der Waals surface area contributed by atoms with Gasteiger partial charge in [0.2, 0.25) is 5.91 Å². The number of aliphatic carboxylic acids is 1. The van der Waals surface area contributed by atoms with Crippen LogP contribution in [0, 0.1) is 5.92 Å². The molecule has 0 aliphatic heterocycles. The molecular formula is C21H25NO4. The van der Waals surface area contributed by atoms with E-state index >= 15 is 0 Å². The van der Waals surface area contributed by atoms with Crippen molar-refractivity contribution in [1.82, 2.24) is 5.32 Å². The second-order valence-electron chi connectivity index (χ2n) is 6.61. The summed E-state index contributed by atoms with van der Waals surface area (Å²) in [5.41, 5.74) is 1.93. The lowest BCUT2D eigenvalue weighted by Gasteiger charge is -2.23. The van der Waals surface area contributed by atoms with Crippen LogP contribution in [0.4, 0.5) is 0 Å². The lowest BCUT2D eigenvalue weighted by Crippen LogP contribution is -2.33. The molecule has 2 N–H and O–H groups in total. The van der Waals surface area contributed by atoms with Gasteiger partial charge in [-0.05, 0) is 36.1 Å². The Morgan fingerprint density at radius 1 is 0.962 bits per heavy atom. The molecule has 0 spiro atoms. The molecule has 0 bridgehead atoms. The molecule has 26 heavy (non-hydrogen) atoms. The van der Waals surface area contributed by atoms with Gasteiger partial charge in [-0.15, -0.1) is 0 Å². The van der Waals surface area contributed by atoms with Gasteiger partial charge in [-0.1, -0.05) is 56.3 Å². The van der Waals surface area contributed by atoms with Crippen molar-refractivity contribution < 1.29 is 19.4 Å². The number of hydrogen-bond acceptors (Lipinski definition) is 3. The van der Waals surface area contributed by atoms with Crippen LogP contribution in [0.1, 0.15) is 43.9 Å². The van der Waals surface area contributed by atoms with Crippen molar-refractivity contribution in [3.05, 3.63) is 65.7 Å². The Labute approximate surface area is 154 Å². The van der Waals surface area contributed by atoms with E-state index in [1.807, 2.05) is 63.2 Å². The van der Waals surface area contributed by atoms with Gasteiger partial charge >= 0.3 is 5.97 Å². The molecule has 0 saturated heterocycles. The molecule has 138 valence electrons. The predicted octanol–water partition coefficient (Wildman–Crippen LogP) is 3.77. The monoisotopic (exact) mass is 355 g/mol. The molecule has 2 aromatic carbocycles. The summed E-state index contributed by atoms with van der Waals surface area (Å²) < 4.78 is 5.12. The van der Waals surface area contributed by atoms with Gasteiger partial charge in [0.1, 0.15) is 5.75 Å². The lowest BCUT2D eigenvalue weighted by atomic mass is 9.87. The molecule has 5 nitrogen and oxygen atoms in total. The zero-order valence-electron chi connectivity index (χ0n) is 15.3. The number of rotatable bonds is 8. The Hall–Kier alpha value is -2.82. The van der Waals surface area contributed by atoms with Crippen LogP contribution in [0.3, 0.4) is 0 Å². The maximum absolute atomic E-state index is 12.8. The maximum atomic E-state index is 12.8. The third kappa shape index (κ3) is 5.34. The summed E-state index contributed by atoms with van der Waals surface area (Å²) in [6, 6.07) is 16.7. The minimum absolute atomic E-state index is 0.00935. The van der Waals surface area contributed by atoms with E-state index in [4.69, 9.17) is 9.84 Å². The summed E-state index contributed by atoms with van der Waals surface area (Å²) in [6.45, 7) is 5.62. The number of carbonyl (C=O) groups excluding carboxylic acids is 1. The Bertz CT molecular complexity index is 725. The fourth-order valence-electron chi connectivity index (χ4n) is 2.88. The Morgan fingerprint density at radius 3 is 2.12 bits per heavy atom. The van der Waals surface area contributed by atoms with Crippen molar-refractivity contribution in [2.45, 2.75) is 32.7 Å². The summed E-state index contributed by atoms with van der Waals surface area (Å²) in [7, 11) is 0. The van der Waals surface area contributed by atoms with Crippen molar-refractivity contribution in [2.24, 2.45) is 5.92 Å². The average molecular weight is 355 g/mol. The first kappa shape index (κ1) is 19.5. The largest absolute Gasteiger partial charge is 0.482 e. The van der Waals surface area contributed by atoms with Gasteiger partial charge in [-0.3, -0.25) is 4.79 Å². The van der Waals surface area contributed by atoms with Crippen molar-refractivity contribution in [1.29, 1.82) is 0 Å². The molecule has 2 atom stereocenters. The first-order valence-corrected chi connectivity index (χ1v) is 8.68. The quantitative estimate of drug-likeness (QED) is 0.756. The van der Waals surface area contributed by atoms with Crippen molar-refractivity contribution in [3.63, 3.8) is 0 Å². The second kappa shape index (κ2) is 9.04. The van der Waals surface area contributed by atoms with Crippen LogP contribution in [0.5, 0.6) is 5.75 Å². The predicted molar refractivity (Wildman–Crippen MR) is 100 cm³/mol. The number of ether oxygens (including phenoxy) is 1. The minimum atomic E-state index is -1.02. The zero-order chi connectivity index (χ0) is 19.1. The van der Waals surface area contributed by atoms with E-state index < -0.39 is 5.97 Å². The van der Waals surface area contributed by atoms with Crippen LogP contribution in [0.15, 0.2) is 54.6 Å². The van der Waals surface area contributed by atoms with Gasteiger partial charge in [-0.25, -0.2) is 4.79 Å². The van der Waals surface area contributed by atoms with Crippen LogP contribution in [-0.2, 0) is 9.59 Å². The normalized spacial score (nSPS) is 13.1. The third-order valence-electron chi connectivity index (χ3n) is 4.21. The highest BCUT2D eigenvalue weighted by Crippen LogP contribution is 2.26. The minimum Gasteiger partial charge on any atom is -0.482 e. The van der Waals surface area contributed by atoms with Crippen LogP contribution in [-0.4, -0.2) is 23.6 Å². The van der Waals surface area contributed by atoms with Gasteiger partial charge in [-0.2, -0.15) is 0 Å². The molecule has 0 heterocycles. The fraction of sp³-hybridized carbons (Fsp3) is 0.333. The van der Waals surface area contributed by atoms with Gasteiger partial charge in [0.25, 0.3) is 0 Å². The highest BCUT2D eigenvalue weighted by Gasteiger charge is 2.25. The van der Waals surface area contributed by atoms with E-state index in [1.165, 1.54) is 0 Å². The van der Waals surface area contributed by atoms with E-state index in [9.17, 15) is 9.59 Å². The number of benzene rings is 2. The molecule has 0 fully saturated rings. The third-order valence-corrected chi connectivity index (χ3v) is 4.21. The van der Waals surface area contributed by atoms with E-state index in [2.05, 4.69) is 5.32 Å². The molecular weight excluding hydrogens is 330 g/mol. The molecule has 0 aliphatic rings. The average Bonchev–Trinajstić information content (AvgIpc) is 2.61. The van der Waals surface area contributed by atoms with E-state index in [0.29, 0.717) is 5.75 Å². The topological polar surface area (TPSA) is 75.6 Å². The maximum Gasteiger partial charge on any atom is 0.341 e. The number of hydrogen-bond donors (Lipinski definition) is 2. The Kier molecular flexibility index (Phi) is 6.78.